The molecule has 25 heavy (non-hydrogen) atoms. The molecule has 2 aromatic rings. The van der Waals surface area contributed by atoms with E-state index in [4.69, 9.17) is 20.5 Å². The van der Waals surface area contributed by atoms with Crippen LogP contribution in [0.2, 0.25) is 0 Å². The average molecular weight is 344 g/mol. The Bertz CT molecular complexity index is 831. The molecule has 0 aliphatic carbocycles. The van der Waals surface area contributed by atoms with Gasteiger partial charge in [0.05, 0.1) is 6.61 Å². The van der Waals surface area contributed by atoms with Crippen molar-refractivity contribution in [1.29, 1.82) is 5.26 Å². The molecule has 0 aliphatic heterocycles. The number of hydrogen-bond donors (Lipinski definition) is 1. The molecule has 0 saturated carbocycles. The summed E-state index contributed by atoms with van der Waals surface area (Å²) in [5, 5.41) is 23.9. The third-order valence-electron chi connectivity index (χ3n) is 3.22. The van der Waals surface area contributed by atoms with Gasteiger partial charge in [0.2, 0.25) is 11.4 Å². The topological polar surface area (TPSA) is 138 Å². The second-order valence-electron chi connectivity index (χ2n) is 4.92. The molecular weight excluding hydrogens is 328 g/mol. The van der Waals surface area contributed by atoms with Crippen LogP contribution < -0.4 is 20.1 Å². The van der Waals surface area contributed by atoms with Gasteiger partial charge in [-0.3, -0.25) is 9.42 Å². The highest BCUT2D eigenvalue weighted by molar-refractivity contribution is 6.00. The molecule has 0 bridgehead atoms. The molecule has 0 spiro atoms. The Labute approximate surface area is 143 Å². The number of aryl methyl sites for hydroxylation is 1. The van der Waals surface area contributed by atoms with Crippen molar-refractivity contribution in [2.45, 2.75) is 20.5 Å². The number of nitriles is 1. The van der Waals surface area contributed by atoms with Crippen molar-refractivity contribution in [3.05, 3.63) is 45.9 Å². The van der Waals surface area contributed by atoms with Gasteiger partial charge in [-0.25, -0.2) is 0 Å². The van der Waals surface area contributed by atoms with Crippen molar-refractivity contribution in [1.82, 2.24) is 5.16 Å². The maximum absolute atomic E-state index is 11.4. The lowest BCUT2D eigenvalue weighted by Crippen LogP contribution is -2.29. The van der Waals surface area contributed by atoms with E-state index in [1.54, 1.807) is 38.1 Å². The van der Waals surface area contributed by atoms with Crippen molar-refractivity contribution in [3.8, 4) is 17.6 Å². The summed E-state index contributed by atoms with van der Waals surface area (Å²) < 4.78 is 15.6. The largest absolute Gasteiger partial charge is 0.490 e. The Morgan fingerprint density at radius 2 is 2.24 bits per heavy atom. The molecule has 0 radical (unpaired) electrons. The Hall–Kier alpha value is -3.54. The van der Waals surface area contributed by atoms with Gasteiger partial charge in [0, 0.05) is 12.1 Å². The Morgan fingerprint density at radius 3 is 2.80 bits per heavy atom. The van der Waals surface area contributed by atoms with E-state index in [2.05, 4.69) is 9.79 Å². The number of ether oxygens (including phenoxy) is 2. The van der Waals surface area contributed by atoms with Crippen LogP contribution in [0.15, 0.2) is 28.4 Å². The molecule has 1 amide bonds. The summed E-state index contributed by atoms with van der Waals surface area (Å²) in [5.74, 6) is -0.0366. The van der Waals surface area contributed by atoms with Crippen LogP contribution in [0.1, 0.15) is 23.9 Å². The van der Waals surface area contributed by atoms with Gasteiger partial charge < -0.3 is 20.4 Å². The van der Waals surface area contributed by atoms with Crippen LogP contribution in [0.4, 0.5) is 0 Å². The van der Waals surface area contributed by atoms with Crippen LogP contribution in [-0.4, -0.2) is 17.7 Å². The first-order valence-electron chi connectivity index (χ1n) is 7.32. The van der Waals surface area contributed by atoms with Gasteiger partial charge in [0.1, 0.15) is 11.6 Å². The monoisotopic (exact) mass is 344 g/mol. The summed E-state index contributed by atoms with van der Waals surface area (Å²) in [7, 11) is 0. The van der Waals surface area contributed by atoms with E-state index in [-0.39, 0.29) is 22.8 Å². The van der Waals surface area contributed by atoms with Crippen LogP contribution in [0.25, 0.3) is 6.08 Å². The van der Waals surface area contributed by atoms with Gasteiger partial charge >= 0.3 is 0 Å². The summed E-state index contributed by atoms with van der Waals surface area (Å²) in [5.41, 5.74) is 6.16. The van der Waals surface area contributed by atoms with E-state index in [9.17, 15) is 10.0 Å². The van der Waals surface area contributed by atoms with E-state index in [1.165, 1.54) is 6.08 Å². The Morgan fingerprint density at radius 1 is 1.48 bits per heavy atom. The standard InChI is InChI=1S/C16H16N4O5/c1-3-23-15-7-11(6-12(8-17)16(18)21)4-5-14(15)24-9-13-10(2)19-25-20(13)22/h4-7H,3,9H2,1-2H3,(H2,18,21)/b12-6+. The first-order chi connectivity index (χ1) is 12.0. The number of amides is 1. The van der Waals surface area contributed by atoms with Crippen LogP contribution >= 0.6 is 0 Å². The molecule has 0 fully saturated rings. The summed E-state index contributed by atoms with van der Waals surface area (Å²) in [6.07, 6.45) is 1.35. The fourth-order valence-corrected chi connectivity index (χ4v) is 1.96. The normalized spacial score (nSPS) is 11.0. The molecule has 9 nitrogen and oxygen atoms in total. The molecule has 9 heteroatoms. The smallest absolute Gasteiger partial charge is 0.259 e. The number of benzene rings is 1. The maximum Gasteiger partial charge on any atom is 0.259 e. The molecule has 1 aromatic carbocycles. The molecule has 0 unspecified atom stereocenters. The number of carbonyl (C=O) groups is 1. The Kier molecular flexibility index (Phi) is 5.58. The summed E-state index contributed by atoms with van der Waals surface area (Å²) in [4.78, 5) is 11.4. The summed E-state index contributed by atoms with van der Waals surface area (Å²) in [6.45, 7) is 3.74. The van der Waals surface area contributed by atoms with Crippen LogP contribution in [0.3, 0.4) is 0 Å². The average Bonchev–Trinajstić information content (AvgIpc) is 2.90. The van der Waals surface area contributed by atoms with Gasteiger partial charge in [0.15, 0.2) is 18.1 Å². The lowest BCUT2D eigenvalue weighted by Gasteiger charge is -2.12. The highest BCUT2D eigenvalue weighted by Crippen LogP contribution is 2.30. The van der Waals surface area contributed by atoms with Crippen molar-refractivity contribution < 1.29 is 23.8 Å². The van der Waals surface area contributed by atoms with Crippen LogP contribution in [0.5, 0.6) is 11.5 Å². The van der Waals surface area contributed by atoms with E-state index >= 15 is 0 Å². The van der Waals surface area contributed by atoms with Gasteiger partial charge in [-0.2, -0.15) is 5.26 Å². The first-order valence-corrected chi connectivity index (χ1v) is 7.32. The van der Waals surface area contributed by atoms with Gasteiger partial charge in [-0.05, 0) is 35.6 Å². The molecule has 2 N–H and O–H groups in total. The quantitative estimate of drug-likeness (QED) is 0.449. The number of nitrogens with two attached hydrogens (primary N) is 1. The van der Waals surface area contributed by atoms with E-state index in [1.807, 2.05) is 0 Å². The first kappa shape index (κ1) is 17.8. The molecule has 1 aromatic heterocycles. The molecular formula is C16H16N4O5. The van der Waals surface area contributed by atoms with Crippen molar-refractivity contribution >= 4 is 12.0 Å². The predicted molar refractivity (Wildman–Crippen MR) is 84.9 cm³/mol. The number of hydrogen-bond acceptors (Lipinski definition) is 7. The van der Waals surface area contributed by atoms with E-state index in [0.717, 1.165) is 0 Å². The number of aromatic nitrogens is 2. The van der Waals surface area contributed by atoms with Crippen molar-refractivity contribution in [3.63, 3.8) is 0 Å². The van der Waals surface area contributed by atoms with Crippen molar-refractivity contribution in [2.75, 3.05) is 6.61 Å². The minimum atomic E-state index is -0.816. The molecule has 0 atom stereocenters. The highest BCUT2D eigenvalue weighted by Gasteiger charge is 2.16. The predicted octanol–water partition coefficient (Wildman–Crippen LogP) is 0.986. The fraction of sp³-hybridized carbons (Fsp3) is 0.250. The second-order valence-corrected chi connectivity index (χ2v) is 4.92. The molecule has 1 heterocycles. The Balaban J connectivity index is 2.27. The van der Waals surface area contributed by atoms with E-state index < -0.39 is 5.91 Å². The fourth-order valence-electron chi connectivity index (χ4n) is 1.96. The highest BCUT2D eigenvalue weighted by atomic mass is 16.8. The number of carbonyl (C=O) groups excluding carboxylic acids is 1. The zero-order valence-electron chi connectivity index (χ0n) is 13.7. The van der Waals surface area contributed by atoms with Gasteiger partial charge in [-0.1, -0.05) is 6.07 Å². The van der Waals surface area contributed by atoms with Gasteiger partial charge in [0.25, 0.3) is 5.91 Å². The number of primary amides is 1. The number of nitrogens with zero attached hydrogens (tertiary/aromatic N) is 3. The van der Waals surface area contributed by atoms with Crippen molar-refractivity contribution in [2.24, 2.45) is 5.73 Å². The summed E-state index contributed by atoms with van der Waals surface area (Å²) >= 11 is 0. The third-order valence-corrected chi connectivity index (χ3v) is 3.22. The second kappa shape index (κ2) is 7.83. The molecule has 130 valence electrons. The molecule has 0 aliphatic rings. The van der Waals surface area contributed by atoms with Crippen LogP contribution in [-0.2, 0) is 11.4 Å². The number of rotatable bonds is 7. The lowest BCUT2D eigenvalue weighted by atomic mass is 10.1. The van der Waals surface area contributed by atoms with Gasteiger partial charge in [-0.15, -0.1) is 0 Å². The third kappa shape index (κ3) is 4.26. The minimum absolute atomic E-state index is 0.0567. The lowest BCUT2D eigenvalue weighted by molar-refractivity contribution is -0.808. The molecule has 2 rings (SSSR count). The zero-order chi connectivity index (χ0) is 18.4. The summed E-state index contributed by atoms with van der Waals surface area (Å²) in [6, 6.07) is 6.56. The maximum atomic E-state index is 11.4. The zero-order valence-corrected chi connectivity index (χ0v) is 13.7. The van der Waals surface area contributed by atoms with E-state index in [0.29, 0.717) is 29.4 Å². The minimum Gasteiger partial charge on any atom is -0.490 e. The molecule has 0 saturated heterocycles. The SMILES string of the molecule is CCOc1cc(/C=C(\C#N)C(N)=O)ccc1OCc1c(C)no[n+]1[O-]. The van der Waals surface area contributed by atoms with Crippen LogP contribution in [0, 0.1) is 23.5 Å².